The zero-order chi connectivity index (χ0) is 19.9. The lowest BCUT2D eigenvalue weighted by molar-refractivity contribution is -0.145. The van der Waals surface area contributed by atoms with Gasteiger partial charge in [0, 0.05) is 11.0 Å². The summed E-state index contributed by atoms with van der Waals surface area (Å²) < 4.78 is 8.19. The van der Waals surface area contributed by atoms with Crippen molar-refractivity contribution >= 4 is 34.1 Å². The first-order valence-corrected chi connectivity index (χ1v) is 10.3. The van der Waals surface area contributed by atoms with Crippen LogP contribution < -0.4 is 5.32 Å². The monoisotopic (exact) mass is 448 g/mol. The molecule has 0 radical (unpaired) electrons. The number of benzene rings is 1. The highest BCUT2D eigenvalue weighted by Crippen LogP contribution is 2.28. The first-order chi connectivity index (χ1) is 13.6. The molecule has 1 aliphatic heterocycles. The molecule has 1 aromatic carbocycles. The van der Waals surface area contributed by atoms with E-state index < -0.39 is 6.10 Å². The zero-order valence-corrected chi connectivity index (χ0v) is 17.4. The van der Waals surface area contributed by atoms with Crippen molar-refractivity contribution in [1.82, 2.24) is 9.55 Å². The summed E-state index contributed by atoms with van der Waals surface area (Å²) in [4.78, 5) is 20.8. The van der Waals surface area contributed by atoms with Crippen LogP contribution in [0.3, 0.4) is 0 Å². The van der Waals surface area contributed by atoms with Gasteiger partial charge in [-0.15, -0.1) is 0 Å². The van der Waals surface area contributed by atoms with Crippen LogP contribution in [-0.2, 0) is 16.1 Å². The predicted molar refractivity (Wildman–Crippen MR) is 112 cm³/mol. The third kappa shape index (κ3) is 4.99. The maximum atomic E-state index is 12.4. The summed E-state index contributed by atoms with van der Waals surface area (Å²) in [7, 11) is 0. The SMILES string of the molecule is CCOC(=O)C(CCCCn1cnc2c1C(O)CN=CN2)c1cccc(Br)c1. The molecule has 8 heteroatoms. The van der Waals surface area contributed by atoms with Crippen LogP contribution in [-0.4, -0.2) is 40.1 Å². The molecule has 1 aliphatic rings. The number of aromatic nitrogens is 2. The summed E-state index contributed by atoms with van der Waals surface area (Å²) in [6.07, 6.45) is 5.04. The van der Waals surface area contributed by atoms with E-state index in [0.29, 0.717) is 25.4 Å². The van der Waals surface area contributed by atoms with Crippen LogP contribution in [0.1, 0.15) is 49.5 Å². The molecule has 1 aromatic heterocycles. The molecule has 0 saturated heterocycles. The Morgan fingerprint density at radius 3 is 3.11 bits per heavy atom. The standard InChI is InChI=1S/C20H25BrN4O3/c1-2-28-20(27)16(14-6-5-7-15(21)10-14)8-3-4-9-25-13-24-19-18(25)17(26)11-22-12-23-19/h5-7,10,12-13,16-17,26H,2-4,8-9,11H2,1H3,(H,22,23). The molecule has 7 nitrogen and oxygen atoms in total. The topological polar surface area (TPSA) is 88.7 Å². The maximum Gasteiger partial charge on any atom is 0.313 e. The highest BCUT2D eigenvalue weighted by Gasteiger charge is 2.23. The first-order valence-electron chi connectivity index (χ1n) is 9.50. The van der Waals surface area contributed by atoms with Crippen LogP contribution in [0.2, 0.25) is 0 Å². The van der Waals surface area contributed by atoms with Gasteiger partial charge in [0.05, 0.1) is 37.4 Å². The van der Waals surface area contributed by atoms with Gasteiger partial charge in [0.2, 0.25) is 0 Å². The Balaban J connectivity index is 1.61. The minimum Gasteiger partial charge on any atom is -0.466 e. The summed E-state index contributed by atoms with van der Waals surface area (Å²) in [5, 5.41) is 13.3. The smallest absolute Gasteiger partial charge is 0.313 e. The minimum atomic E-state index is -0.669. The summed E-state index contributed by atoms with van der Waals surface area (Å²) >= 11 is 3.47. The van der Waals surface area contributed by atoms with Gasteiger partial charge in [-0.1, -0.05) is 34.5 Å². The van der Waals surface area contributed by atoms with Gasteiger partial charge >= 0.3 is 5.97 Å². The third-order valence-electron chi connectivity index (χ3n) is 4.73. The number of hydrogen-bond donors (Lipinski definition) is 2. The lowest BCUT2D eigenvalue weighted by atomic mass is 9.93. The number of rotatable bonds is 8. The molecule has 0 amide bonds. The Morgan fingerprint density at radius 1 is 1.46 bits per heavy atom. The maximum absolute atomic E-state index is 12.4. The number of fused-ring (bicyclic) bond motifs is 1. The van der Waals surface area contributed by atoms with Gasteiger partial charge in [0.1, 0.15) is 6.10 Å². The number of aliphatic hydroxyl groups is 1. The normalized spacial score (nSPS) is 16.8. The molecular formula is C20H25BrN4O3. The fraction of sp³-hybridized carbons (Fsp3) is 0.450. The van der Waals surface area contributed by atoms with E-state index in [9.17, 15) is 9.90 Å². The van der Waals surface area contributed by atoms with E-state index >= 15 is 0 Å². The van der Waals surface area contributed by atoms with E-state index in [1.165, 1.54) is 0 Å². The molecule has 0 bridgehead atoms. The fourth-order valence-electron chi connectivity index (χ4n) is 3.39. The number of hydrogen-bond acceptors (Lipinski definition) is 6. The van der Waals surface area contributed by atoms with Crippen molar-refractivity contribution < 1.29 is 14.6 Å². The molecular weight excluding hydrogens is 424 g/mol. The summed E-state index contributed by atoms with van der Waals surface area (Å²) in [6, 6.07) is 7.81. The number of aliphatic hydroxyl groups excluding tert-OH is 1. The van der Waals surface area contributed by atoms with E-state index in [4.69, 9.17) is 4.74 Å². The number of halogens is 1. The number of unbranched alkanes of at least 4 members (excludes halogenated alkanes) is 1. The Kier molecular flexibility index (Phi) is 7.22. The second-order valence-corrected chi connectivity index (χ2v) is 7.60. The van der Waals surface area contributed by atoms with Crippen LogP contribution in [0.5, 0.6) is 0 Å². The lowest BCUT2D eigenvalue weighted by Crippen LogP contribution is -2.16. The lowest BCUT2D eigenvalue weighted by Gasteiger charge is -2.17. The number of carbonyl (C=O) groups excluding carboxylic acids is 1. The molecule has 0 saturated carbocycles. The number of imidazole rings is 1. The number of esters is 1. The summed E-state index contributed by atoms with van der Waals surface area (Å²) in [6.45, 7) is 3.23. The number of nitrogens with zero attached hydrogens (tertiary/aromatic N) is 3. The Labute approximate surface area is 173 Å². The van der Waals surface area contributed by atoms with Gasteiger partial charge in [-0.05, 0) is 37.5 Å². The number of nitrogens with one attached hydrogen (secondary N) is 1. The molecule has 2 N–H and O–H groups in total. The van der Waals surface area contributed by atoms with Crippen molar-refractivity contribution in [2.75, 3.05) is 18.5 Å². The third-order valence-corrected chi connectivity index (χ3v) is 5.22. The zero-order valence-electron chi connectivity index (χ0n) is 15.8. The average Bonchev–Trinajstić information content (AvgIpc) is 2.98. The molecule has 2 aromatic rings. The first kappa shape index (κ1) is 20.5. The van der Waals surface area contributed by atoms with Crippen molar-refractivity contribution in [3.8, 4) is 0 Å². The highest BCUT2D eigenvalue weighted by molar-refractivity contribution is 9.10. The highest BCUT2D eigenvalue weighted by atomic mass is 79.9. The van der Waals surface area contributed by atoms with Crippen molar-refractivity contribution in [2.24, 2.45) is 4.99 Å². The quantitative estimate of drug-likeness (QED) is 0.475. The second kappa shape index (κ2) is 9.84. The van der Waals surface area contributed by atoms with Gasteiger partial charge in [-0.3, -0.25) is 9.79 Å². The number of aliphatic imine (C=N–C) groups is 1. The van der Waals surface area contributed by atoms with Crippen LogP contribution in [0.25, 0.3) is 0 Å². The molecule has 3 rings (SSSR count). The Hall–Kier alpha value is -2.19. The van der Waals surface area contributed by atoms with Gasteiger partial charge in [-0.25, -0.2) is 4.98 Å². The second-order valence-electron chi connectivity index (χ2n) is 6.68. The number of ether oxygens (including phenoxy) is 1. The largest absolute Gasteiger partial charge is 0.466 e. The van der Waals surface area contributed by atoms with Crippen molar-refractivity contribution in [3.05, 3.63) is 46.3 Å². The molecule has 28 heavy (non-hydrogen) atoms. The number of carbonyl (C=O) groups is 1. The van der Waals surface area contributed by atoms with Gasteiger partial charge in [0.15, 0.2) is 5.82 Å². The van der Waals surface area contributed by atoms with Gasteiger partial charge < -0.3 is 19.7 Å². The van der Waals surface area contributed by atoms with E-state index in [2.05, 4.69) is 31.2 Å². The molecule has 0 aliphatic carbocycles. The van der Waals surface area contributed by atoms with Gasteiger partial charge in [-0.2, -0.15) is 0 Å². The predicted octanol–water partition coefficient (Wildman–Crippen LogP) is 3.65. The van der Waals surface area contributed by atoms with Gasteiger partial charge in [0.25, 0.3) is 0 Å². The molecule has 2 atom stereocenters. The summed E-state index contributed by atoms with van der Waals surface area (Å²) in [5.41, 5.74) is 1.72. The van der Waals surface area contributed by atoms with Crippen molar-refractivity contribution in [1.29, 1.82) is 0 Å². The summed E-state index contributed by atoms with van der Waals surface area (Å²) in [5.74, 6) is 0.180. The molecule has 0 fully saturated rings. The van der Waals surface area contributed by atoms with Crippen molar-refractivity contribution in [3.63, 3.8) is 0 Å². The molecule has 0 spiro atoms. The van der Waals surface area contributed by atoms with Crippen LogP contribution >= 0.6 is 15.9 Å². The molecule has 150 valence electrons. The average molecular weight is 449 g/mol. The van der Waals surface area contributed by atoms with Crippen LogP contribution in [0.4, 0.5) is 5.82 Å². The Morgan fingerprint density at radius 2 is 2.32 bits per heavy atom. The number of aryl methyl sites for hydroxylation is 1. The van der Waals surface area contributed by atoms with Crippen LogP contribution in [0, 0.1) is 0 Å². The van der Waals surface area contributed by atoms with Crippen molar-refractivity contribution in [2.45, 2.75) is 44.8 Å². The van der Waals surface area contributed by atoms with E-state index in [0.717, 1.165) is 35.1 Å². The van der Waals surface area contributed by atoms with E-state index in [-0.39, 0.29) is 11.9 Å². The Bertz CT molecular complexity index is 837. The minimum absolute atomic E-state index is 0.186. The molecule has 2 unspecified atom stereocenters. The number of anilines is 1. The molecule has 2 heterocycles. The van der Waals surface area contributed by atoms with E-state index in [1.54, 1.807) is 12.7 Å². The van der Waals surface area contributed by atoms with E-state index in [1.807, 2.05) is 35.8 Å². The van der Waals surface area contributed by atoms with Crippen LogP contribution in [0.15, 0.2) is 40.1 Å². The fourth-order valence-corrected chi connectivity index (χ4v) is 3.81.